The third kappa shape index (κ3) is 2.65. The summed E-state index contributed by atoms with van der Waals surface area (Å²) in [7, 11) is 0. The quantitative estimate of drug-likeness (QED) is 0.824. The summed E-state index contributed by atoms with van der Waals surface area (Å²) in [6, 6.07) is 0.332. The summed E-state index contributed by atoms with van der Waals surface area (Å²) in [5, 5.41) is 1.37. The number of hydrogen-bond donors (Lipinski definition) is 1. The molecule has 2 N–H and O–H groups in total. The van der Waals surface area contributed by atoms with Gasteiger partial charge in [0.15, 0.2) is 5.79 Å². The first-order valence-corrected chi connectivity index (χ1v) is 7.91. The fraction of sp³-hybridized carbons (Fsp3) is 1.00. The molecule has 0 aromatic heterocycles. The van der Waals surface area contributed by atoms with Crippen molar-refractivity contribution < 1.29 is 9.47 Å². The van der Waals surface area contributed by atoms with Crippen LogP contribution in [0.3, 0.4) is 0 Å². The summed E-state index contributed by atoms with van der Waals surface area (Å²) in [5.74, 6) is -0.272. The van der Waals surface area contributed by atoms with Crippen molar-refractivity contribution in [2.45, 2.75) is 67.3 Å². The van der Waals surface area contributed by atoms with Crippen molar-refractivity contribution in [2.24, 2.45) is 5.73 Å². The van der Waals surface area contributed by atoms with E-state index in [0.29, 0.717) is 11.3 Å². The molecular formula is C13H23NO2S. The van der Waals surface area contributed by atoms with Gasteiger partial charge in [-0.1, -0.05) is 12.8 Å². The molecule has 2 aliphatic carbocycles. The molecule has 98 valence electrons. The molecule has 0 aromatic rings. The molecule has 17 heavy (non-hydrogen) atoms. The van der Waals surface area contributed by atoms with Crippen molar-refractivity contribution in [3.8, 4) is 0 Å². The van der Waals surface area contributed by atoms with Crippen LogP contribution in [0.2, 0.25) is 0 Å². The lowest BCUT2D eigenvalue weighted by Crippen LogP contribution is -2.48. The van der Waals surface area contributed by atoms with E-state index in [-0.39, 0.29) is 5.79 Å². The van der Waals surface area contributed by atoms with Gasteiger partial charge in [-0.25, -0.2) is 0 Å². The largest absolute Gasteiger partial charge is 0.347 e. The molecule has 1 saturated heterocycles. The first-order valence-electron chi connectivity index (χ1n) is 6.96. The van der Waals surface area contributed by atoms with Gasteiger partial charge in [0.25, 0.3) is 0 Å². The van der Waals surface area contributed by atoms with Crippen LogP contribution in [0.25, 0.3) is 0 Å². The lowest BCUT2D eigenvalue weighted by atomic mass is 9.90. The van der Waals surface area contributed by atoms with Gasteiger partial charge in [-0.3, -0.25) is 0 Å². The summed E-state index contributed by atoms with van der Waals surface area (Å²) in [6.45, 7) is 1.52. The van der Waals surface area contributed by atoms with Gasteiger partial charge in [0.05, 0.1) is 13.2 Å². The van der Waals surface area contributed by atoms with Crippen LogP contribution in [0, 0.1) is 0 Å². The van der Waals surface area contributed by atoms with E-state index in [1.807, 2.05) is 0 Å². The highest BCUT2D eigenvalue weighted by molar-refractivity contribution is 8.00. The first kappa shape index (κ1) is 12.3. The van der Waals surface area contributed by atoms with Gasteiger partial charge in [-0.15, -0.1) is 0 Å². The summed E-state index contributed by atoms with van der Waals surface area (Å²) in [6.07, 6.45) is 8.58. The van der Waals surface area contributed by atoms with Crippen LogP contribution in [0.4, 0.5) is 0 Å². The second kappa shape index (κ2) is 5.08. The van der Waals surface area contributed by atoms with Gasteiger partial charge >= 0.3 is 0 Å². The Hall–Kier alpha value is 0.230. The Balaban J connectivity index is 1.60. The molecule has 3 rings (SSSR count). The van der Waals surface area contributed by atoms with Crippen molar-refractivity contribution in [3.63, 3.8) is 0 Å². The standard InChI is InChI=1S/C13H23NO2S/c14-11-5-6-13(15-7-8-16-13)9-12(11)17-10-3-1-2-4-10/h10-12H,1-9,14H2. The van der Waals surface area contributed by atoms with Crippen LogP contribution in [0.15, 0.2) is 0 Å². The smallest absolute Gasteiger partial charge is 0.169 e. The minimum Gasteiger partial charge on any atom is -0.347 e. The number of ether oxygens (including phenoxy) is 2. The molecule has 2 unspecified atom stereocenters. The zero-order valence-electron chi connectivity index (χ0n) is 10.4. The molecule has 4 heteroatoms. The number of nitrogens with two attached hydrogens (primary N) is 1. The van der Waals surface area contributed by atoms with Gasteiger partial charge < -0.3 is 15.2 Å². The van der Waals surface area contributed by atoms with Crippen LogP contribution in [0.5, 0.6) is 0 Å². The highest BCUT2D eigenvalue weighted by Crippen LogP contribution is 2.43. The average Bonchev–Trinajstić information content (AvgIpc) is 2.96. The van der Waals surface area contributed by atoms with Crippen molar-refractivity contribution >= 4 is 11.8 Å². The third-order valence-electron chi connectivity index (χ3n) is 4.33. The Labute approximate surface area is 108 Å². The van der Waals surface area contributed by atoms with Crippen LogP contribution in [-0.2, 0) is 9.47 Å². The molecule has 1 heterocycles. The van der Waals surface area contributed by atoms with Gasteiger partial charge in [-0.05, 0) is 19.3 Å². The first-order chi connectivity index (χ1) is 8.27. The molecule has 3 fully saturated rings. The van der Waals surface area contributed by atoms with Crippen molar-refractivity contribution in [2.75, 3.05) is 13.2 Å². The minimum absolute atomic E-state index is 0.272. The molecule has 2 atom stereocenters. The predicted octanol–water partition coefficient (Wildman–Crippen LogP) is 2.29. The van der Waals surface area contributed by atoms with E-state index in [2.05, 4.69) is 11.8 Å². The van der Waals surface area contributed by atoms with E-state index in [1.54, 1.807) is 0 Å². The Morgan fingerprint density at radius 3 is 2.47 bits per heavy atom. The molecule has 1 aliphatic heterocycles. The third-order valence-corrected chi connectivity index (χ3v) is 6.05. The van der Waals surface area contributed by atoms with Crippen molar-refractivity contribution in [3.05, 3.63) is 0 Å². The summed E-state index contributed by atoms with van der Waals surface area (Å²) < 4.78 is 11.7. The Morgan fingerprint density at radius 1 is 1.06 bits per heavy atom. The lowest BCUT2D eigenvalue weighted by molar-refractivity contribution is -0.176. The zero-order chi connectivity index (χ0) is 11.7. The Morgan fingerprint density at radius 2 is 1.76 bits per heavy atom. The molecule has 0 amide bonds. The topological polar surface area (TPSA) is 44.5 Å². The monoisotopic (exact) mass is 257 g/mol. The second-order valence-corrected chi connectivity index (χ2v) is 7.14. The van der Waals surface area contributed by atoms with Gasteiger partial charge in [0.2, 0.25) is 0 Å². The van der Waals surface area contributed by atoms with Gasteiger partial charge in [0.1, 0.15) is 0 Å². The number of rotatable bonds is 2. The van der Waals surface area contributed by atoms with E-state index in [0.717, 1.165) is 37.7 Å². The highest BCUT2D eigenvalue weighted by Gasteiger charge is 2.44. The molecule has 2 saturated carbocycles. The summed E-state index contributed by atoms with van der Waals surface area (Å²) >= 11 is 2.11. The van der Waals surface area contributed by atoms with E-state index in [4.69, 9.17) is 15.2 Å². The van der Waals surface area contributed by atoms with Gasteiger partial charge in [0, 0.05) is 29.4 Å². The Kier molecular flexibility index (Phi) is 3.67. The van der Waals surface area contributed by atoms with Crippen LogP contribution < -0.4 is 5.73 Å². The molecular weight excluding hydrogens is 234 g/mol. The van der Waals surface area contributed by atoms with Crippen LogP contribution in [0.1, 0.15) is 44.9 Å². The molecule has 0 radical (unpaired) electrons. The molecule has 3 aliphatic rings. The SMILES string of the molecule is NC1CCC2(CC1SC1CCCC1)OCCO2. The van der Waals surface area contributed by atoms with Crippen molar-refractivity contribution in [1.29, 1.82) is 0 Å². The number of thioether (sulfide) groups is 1. The van der Waals surface area contributed by atoms with Crippen molar-refractivity contribution in [1.82, 2.24) is 0 Å². The molecule has 0 aromatic carbocycles. The van der Waals surface area contributed by atoms with E-state index < -0.39 is 0 Å². The van der Waals surface area contributed by atoms with Gasteiger partial charge in [-0.2, -0.15) is 11.8 Å². The fourth-order valence-electron chi connectivity index (χ4n) is 3.31. The zero-order valence-corrected chi connectivity index (χ0v) is 11.2. The second-order valence-electron chi connectivity index (χ2n) is 5.60. The van der Waals surface area contributed by atoms with E-state index in [9.17, 15) is 0 Å². The highest BCUT2D eigenvalue weighted by atomic mass is 32.2. The maximum atomic E-state index is 6.28. The van der Waals surface area contributed by atoms with E-state index >= 15 is 0 Å². The van der Waals surface area contributed by atoms with Crippen LogP contribution >= 0.6 is 11.8 Å². The molecule has 0 bridgehead atoms. The van der Waals surface area contributed by atoms with E-state index in [1.165, 1.54) is 25.7 Å². The van der Waals surface area contributed by atoms with Crippen LogP contribution in [-0.4, -0.2) is 35.5 Å². The summed E-state index contributed by atoms with van der Waals surface area (Å²) in [5.41, 5.74) is 6.28. The molecule has 3 nitrogen and oxygen atoms in total. The Bertz CT molecular complexity index is 262. The molecule has 1 spiro atoms. The maximum absolute atomic E-state index is 6.28. The minimum atomic E-state index is -0.272. The number of hydrogen-bond acceptors (Lipinski definition) is 4. The average molecular weight is 257 g/mol. The predicted molar refractivity (Wildman–Crippen MR) is 70.1 cm³/mol. The fourth-order valence-corrected chi connectivity index (χ4v) is 5.10. The summed E-state index contributed by atoms with van der Waals surface area (Å²) in [4.78, 5) is 0. The lowest BCUT2D eigenvalue weighted by Gasteiger charge is -2.40. The normalized spacial score (nSPS) is 37.9. The maximum Gasteiger partial charge on any atom is 0.169 e.